The van der Waals surface area contributed by atoms with Crippen molar-refractivity contribution in [1.29, 1.82) is 0 Å². The van der Waals surface area contributed by atoms with Gasteiger partial charge in [0.15, 0.2) is 0 Å². The van der Waals surface area contributed by atoms with Crippen molar-refractivity contribution in [3.05, 3.63) is 41.7 Å². The van der Waals surface area contributed by atoms with Gasteiger partial charge in [-0.05, 0) is 17.5 Å². The Labute approximate surface area is 129 Å². The summed E-state index contributed by atoms with van der Waals surface area (Å²) in [6, 6.07) is 10.8. The van der Waals surface area contributed by atoms with Gasteiger partial charge in [0.25, 0.3) is 0 Å². The molecule has 0 atom stereocenters. The van der Waals surface area contributed by atoms with E-state index in [4.69, 9.17) is 0 Å². The largest absolute Gasteiger partial charge is 0.358 e. The predicted octanol–water partition coefficient (Wildman–Crippen LogP) is 4.70. The van der Waals surface area contributed by atoms with Crippen molar-refractivity contribution in [3.63, 3.8) is 0 Å². The van der Waals surface area contributed by atoms with Crippen LogP contribution >= 0.6 is 0 Å². The number of hydrogen-bond donors (Lipinski definition) is 0. The van der Waals surface area contributed by atoms with E-state index in [1.165, 1.54) is 17.1 Å². The molecule has 1 aliphatic heterocycles. The van der Waals surface area contributed by atoms with Crippen molar-refractivity contribution < 1.29 is 0 Å². The molecule has 0 N–H and O–H groups in total. The summed E-state index contributed by atoms with van der Waals surface area (Å²) < 4.78 is 0. The highest BCUT2D eigenvalue weighted by Gasteiger charge is 2.62. The van der Waals surface area contributed by atoms with Gasteiger partial charge in [-0.25, -0.2) is 0 Å². The number of para-hydroxylation sites is 1. The molecule has 0 saturated heterocycles. The van der Waals surface area contributed by atoms with E-state index in [1.54, 1.807) is 0 Å². The first-order valence-corrected chi connectivity index (χ1v) is 7.91. The Morgan fingerprint density at radius 1 is 0.810 bits per heavy atom. The molecule has 1 heterocycles. The minimum Gasteiger partial charge on any atom is -0.358 e. The van der Waals surface area contributed by atoms with Crippen molar-refractivity contribution in [1.82, 2.24) is 4.90 Å². The van der Waals surface area contributed by atoms with Crippen LogP contribution in [0.1, 0.15) is 41.5 Å². The van der Waals surface area contributed by atoms with E-state index in [2.05, 4.69) is 88.7 Å². The van der Waals surface area contributed by atoms with Crippen molar-refractivity contribution in [2.75, 3.05) is 18.6 Å². The molecule has 1 aromatic carbocycles. The average molecular weight is 284 g/mol. The van der Waals surface area contributed by atoms with Crippen molar-refractivity contribution in [2.24, 2.45) is 16.2 Å². The van der Waals surface area contributed by atoms with Gasteiger partial charge in [-0.15, -0.1) is 0 Å². The topological polar surface area (TPSA) is 6.48 Å². The smallest absolute Gasteiger partial charge is 0.0944 e. The Morgan fingerprint density at radius 2 is 1.33 bits per heavy atom. The molecule has 3 rings (SSSR count). The lowest BCUT2D eigenvalue weighted by Gasteiger charge is -2.49. The second-order valence-electron chi connectivity index (χ2n) is 8.18. The summed E-state index contributed by atoms with van der Waals surface area (Å²) in [5.41, 5.74) is 4.85. The second-order valence-corrected chi connectivity index (χ2v) is 8.18. The van der Waals surface area contributed by atoms with Crippen LogP contribution < -0.4 is 4.90 Å². The van der Waals surface area contributed by atoms with Crippen LogP contribution in [0, 0.1) is 16.2 Å². The van der Waals surface area contributed by atoms with Crippen LogP contribution in [0.2, 0.25) is 0 Å². The van der Waals surface area contributed by atoms with E-state index >= 15 is 0 Å². The zero-order chi connectivity index (χ0) is 15.6. The minimum absolute atomic E-state index is 0.145. The van der Waals surface area contributed by atoms with Gasteiger partial charge in [-0.3, -0.25) is 0 Å². The predicted molar refractivity (Wildman–Crippen MR) is 89.9 cm³/mol. The number of benzene rings is 1. The molecule has 114 valence electrons. The van der Waals surface area contributed by atoms with Gasteiger partial charge >= 0.3 is 0 Å². The standard InChI is InChI=1S/C19H28N2/c1-17(2)15-16(18(3,4)19(17,5)6)21(13-20(15)7)14-11-9-8-10-12-14/h8-12H,13H2,1-7H3. The quantitative estimate of drug-likeness (QED) is 0.737. The average Bonchev–Trinajstić information content (AvgIpc) is 2.82. The molecule has 0 bridgehead atoms. The van der Waals surface area contributed by atoms with Gasteiger partial charge in [-0.1, -0.05) is 59.7 Å². The number of anilines is 1. The van der Waals surface area contributed by atoms with Gasteiger partial charge in [0.2, 0.25) is 0 Å². The lowest BCUT2D eigenvalue weighted by Crippen LogP contribution is -2.46. The highest BCUT2D eigenvalue weighted by molar-refractivity contribution is 5.59. The number of hydrogen-bond acceptors (Lipinski definition) is 2. The Balaban J connectivity index is 2.20. The highest BCUT2D eigenvalue weighted by Crippen LogP contribution is 2.67. The van der Waals surface area contributed by atoms with E-state index in [0.29, 0.717) is 0 Å². The Morgan fingerprint density at radius 3 is 1.90 bits per heavy atom. The number of nitrogens with zero attached hydrogens (tertiary/aromatic N) is 2. The fourth-order valence-corrected chi connectivity index (χ4v) is 4.26. The van der Waals surface area contributed by atoms with Crippen LogP contribution in [0.15, 0.2) is 41.7 Å². The van der Waals surface area contributed by atoms with Crippen molar-refractivity contribution in [2.45, 2.75) is 41.5 Å². The molecule has 1 aliphatic carbocycles. The molecular weight excluding hydrogens is 256 g/mol. The van der Waals surface area contributed by atoms with Gasteiger partial charge < -0.3 is 9.80 Å². The van der Waals surface area contributed by atoms with Crippen LogP contribution in [0.3, 0.4) is 0 Å². The van der Waals surface area contributed by atoms with E-state index in [0.717, 1.165) is 6.67 Å². The summed E-state index contributed by atoms with van der Waals surface area (Å²) in [7, 11) is 2.23. The van der Waals surface area contributed by atoms with Gasteiger partial charge in [0, 0.05) is 35.0 Å². The summed E-state index contributed by atoms with van der Waals surface area (Å²) in [6.07, 6.45) is 0. The molecule has 2 aliphatic rings. The normalized spacial score (nSPS) is 25.5. The Hall–Kier alpha value is -1.44. The van der Waals surface area contributed by atoms with E-state index in [9.17, 15) is 0 Å². The number of allylic oxidation sites excluding steroid dienone is 2. The molecule has 0 unspecified atom stereocenters. The molecule has 0 amide bonds. The SMILES string of the molecule is CN1CN(c2ccccc2)C2=C1C(C)(C)C(C)(C)C2(C)C. The van der Waals surface area contributed by atoms with Crippen LogP contribution in [0.5, 0.6) is 0 Å². The lowest BCUT2D eigenvalue weighted by molar-refractivity contribution is 0.0433. The Bertz CT molecular complexity index is 593. The van der Waals surface area contributed by atoms with Crippen molar-refractivity contribution in [3.8, 4) is 0 Å². The molecule has 0 radical (unpaired) electrons. The third-order valence-electron chi connectivity index (χ3n) is 6.61. The zero-order valence-corrected chi connectivity index (χ0v) is 14.5. The highest BCUT2D eigenvalue weighted by atomic mass is 15.4. The molecule has 2 nitrogen and oxygen atoms in total. The monoisotopic (exact) mass is 284 g/mol. The molecule has 0 aromatic heterocycles. The maximum Gasteiger partial charge on any atom is 0.0944 e. The molecule has 0 fully saturated rings. The summed E-state index contributed by atoms with van der Waals surface area (Å²) in [5.74, 6) is 0. The first-order valence-electron chi connectivity index (χ1n) is 7.91. The summed E-state index contributed by atoms with van der Waals surface area (Å²) >= 11 is 0. The van der Waals surface area contributed by atoms with E-state index < -0.39 is 0 Å². The molecular formula is C19H28N2. The van der Waals surface area contributed by atoms with E-state index in [-0.39, 0.29) is 16.2 Å². The third kappa shape index (κ3) is 1.59. The first-order chi connectivity index (χ1) is 9.62. The summed E-state index contributed by atoms with van der Waals surface area (Å²) in [4.78, 5) is 4.95. The van der Waals surface area contributed by atoms with E-state index in [1.807, 2.05) is 0 Å². The van der Waals surface area contributed by atoms with Crippen LogP contribution in [-0.2, 0) is 0 Å². The molecule has 0 saturated carbocycles. The first kappa shape index (κ1) is 14.5. The zero-order valence-electron chi connectivity index (χ0n) is 14.5. The van der Waals surface area contributed by atoms with Gasteiger partial charge in [0.1, 0.15) is 0 Å². The molecule has 1 aromatic rings. The number of rotatable bonds is 1. The lowest BCUT2D eigenvalue weighted by atomic mass is 9.59. The Kier molecular flexibility index (Phi) is 2.80. The van der Waals surface area contributed by atoms with Gasteiger partial charge in [-0.2, -0.15) is 0 Å². The summed E-state index contributed by atoms with van der Waals surface area (Å²) in [5, 5.41) is 0. The fraction of sp³-hybridized carbons (Fsp3) is 0.579. The van der Waals surface area contributed by atoms with Crippen LogP contribution in [0.25, 0.3) is 0 Å². The molecule has 0 spiro atoms. The second kappa shape index (κ2) is 4.06. The molecule has 2 heteroatoms. The molecule has 21 heavy (non-hydrogen) atoms. The van der Waals surface area contributed by atoms with Crippen LogP contribution in [-0.4, -0.2) is 18.6 Å². The maximum atomic E-state index is 2.51. The van der Waals surface area contributed by atoms with Gasteiger partial charge in [0.05, 0.1) is 6.67 Å². The van der Waals surface area contributed by atoms with Crippen LogP contribution in [0.4, 0.5) is 5.69 Å². The third-order valence-corrected chi connectivity index (χ3v) is 6.61. The fourth-order valence-electron chi connectivity index (χ4n) is 4.26. The minimum atomic E-state index is 0.145. The maximum absolute atomic E-state index is 2.51. The summed E-state index contributed by atoms with van der Waals surface area (Å²) in [6.45, 7) is 15.4. The van der Waals surface area contributed by atoms with Crippen molar-refractivity contribution >= 4 is 5.69 Å².